The van der Waals surface area contributed by atoms with Crippen LogP contribution in [0, 0.1) is 10.1 Å². The topological polar surface area (TPSA) is 196 Å². The lowest BCUT2D eigenvalue weighted by atomic mass is 10.1. The molecular weight excluding hydrogens is 551 g/mol. The Kier molecular flexibility index (Phi) is 9.49. The molecule has 2 aromatic rings. The third-order valence-electron chi connectivity index (χ3n) is 5.13. The standard InChI is InChI=1S/C18H18F3N5O6.C4H4O4/c19-18(20,21)32-13-3-1-12(2-4-13)31-14-6-24(7-14)9-16(27)22-11-5-25-8-15(26(28)29)23-17(25)30-10-11;5-3(6)1-2-4(7)8/h1-4,8,11,14H,5-7,9-10H2,(H,22,27);1-2H,(H,5,6)(H,7,8)/b;2-1-/t11-;/m0./s1. The zero-order chi connectivity index (χ0) is 29.4. The van der Waals surface area contributed by atoms with E-state index in [1.165, 1.54) is 35.0 Å². The fourth-order valence-corrected chi connectivity index (χ4v) is 3.53. The summed E-state index contributed by atoms with van der Waals surface area (Å²) in [6, 6.07) is 4.89. The van der Waals surface area contributed by atoms with Crippen LogP contribution in [0.3, 0.4) is 0 Å². The second-order valence-corrected chi connectivity index (χ2v) is 8.33. The molecule has 4 rings (SSSR count). The van der Waals surface area contributed by atoms with Gasteiger partial charge in [0.25, 0.3) is 0 Å². The summed E-state index contributed by atoms with van der Waals surface area (Å²) < 4.78 is 52.8. The van der Waals surface area contributed by atoms with E-state index in [0.29, 0.717) is 37.5 Å². The molecule has 2 aliphatic rings. The van der Waals surface area contributed by atoms with Gasteiger partial charge in [-0.15, -0.1) is 13.2 Å². The molecule has 0 saturated carbocycles. The number of carboxylic acids is 2. The maximum absolute atomic E-state index is 12.3. The van der Waals surface area contributed by atoms with Crippen LogP contribution in [0.25, 0.3) is 0 Å². The Hall–Kier alpha value is -4.87. The first-order chi connectivity index (χ1) is 18.8. The van der Waals surface area contributed by atoms with Crippen molar-refractivity contribution in [1.82, 2.24) is 19.8 Å². The van der Waals surface area contributed by atoms with Gasteiger partial charge in [-0.3, -0.25) is 14.3 Å². The van der Waals surface area contributed by atoms with E-state index in [0.717, 1.165) is 0 Å². The summed E-state index contributed by atoms with van der Waals surface area (Å²) in [5.74, 6) is -3.00. The summed E-state index contributed by atoms with van der Waals surface area (Å²) in [5.41, 5.74) is 0. The van der Waals surface area contributed by atoms with E-state index in [9.17, 15) is 37.7 Å². The lowest BCUT2D eigenvalue weighted by molar-refractivity contribution is -0.389. The fraction of sp³-hybridized carbons (Fsp3) is 0.364. The number of nitro groups is 1. The molecule has 1 fully saturated rings. The van der Waals surface area contributed by atoms with Gasteiger partial charge in [0.15, 0.2) is 0 Å². The predicted octanol–water partition coefficient (Wildman–Crippen LogP) is 1.04. The van der Waals surface area contributed by atoms with Gasteiger partial charge >= 0.3 is 30.1 Å². The number of ether oxygens (including phenoxy) is 3. The number of carbonyl (C=O) groups is 3. The maximum atomic E-state index is 12.3. The van der Waals surface area contributed by atoms with Crippen LogP contribution in [0.15, 0.2) is 42.6 Å². The molecular formula is C22H22F3N5O10. The monoisotopic (exact) mass is 573 g/mol. The van der Waals surface area contributed by atoms with Crippen LogP contribution in [0.2, 0.25) is 0 Å². The van der Waals surface area contributed by atoms with Gasteiger partial charge in [-0.05, 0) is 29.2 Å². The van der Waals surface area contributed by atoms with Crippen molar-refractivity contribution >= 4 is 23.7 Å². The summed E-state index contributed by atoms with van der Waals surface area (Å²) in [6.45, 7) is 1.55. The lowest BCUT2D eigenvalue weighted by Crippen LogP contribution is -2.57. The van der Waals surface area contributed by atoms with Crippen LogP contribution < -0.4 is 19.5 Å². The Morgan fingerprint density at radius 3 is 2.27 bits per heavy atom. The minimum atomic E-state index is -4.75. The van der Waals surface area contributed by atoms with Gasteiger partial charge in [-0.1, -0.05) is 0 Å². The Morgan fingerprint density at radius 1 is 1.12 bits per heavy atom. The highest BCUT2D eigenvalue weighted by atomic mass is 19.4. The third kappa shape index (κ3) is 9.46. The molecule has 1 amide bonds. The Labute approximate surface area is 222 Å². The number of nitrogens with zero attached hydrogens (tertiary/aromatic N) is 4. The number of amides is 1. The van der Waals surface area contributed by atoms with E-state index in [-0.39, 0.29) is 48.8 Å². The Morgan fingerprint density at radius 2 is 1.73 bits per heavy atom. The zero-order valence-electron chi connectivity index (χ0n) is 20.3. The summed E-state index contributed by atoms with van der Waals surface area (Å²) in [6.07, 6.45) is -2.57. The number of rotatable bonds is 9. The number of alkyl halides is 3. The van der Waals surface area contributed by atoms with Crippen LogP contribution in [0.4, 0.5) is 19.0 Å². The molecule has 40 heavy (non-hydrogen) atoms. The average molecular weight is 573 g/mol. The van der Waals surface area contributed by atoms with E-state index < -0.39 is 23.2 Å². The largest absolute Gasteiger partial charge is 0.573 e. The van der Waals surface area contributed by atoms with Crippen molar-refractivity contribution in [1.29, 1.82) is 0 Å². The van der Waals surface area contributed by atoms with Crippen molar-refractivity contribution in [2.75, 3.05) is 26.2 Å². The van der Waals surface area contributed by atoms with Crippen LogP contribution >= 0.6 is 0 Å². The first-order valence-corrected chi connectivity index (χ1v) is 11.3. The van der Waals surface area contributed by atoms with Crippen LogP contribution in [0.5, 0.6) is 17.5 Å². The lowest BCUT2D eigenvalue weighted by Gasteiger charge is -2.38. The number of likely N-dealkylation sites (tertiary alicyclic amines) is 1. The quantitative estimate of drug-likeness (QED) is 0.219. The van der Waals surface area contributed by atoms with Crippen LogP contribution in [-0.4, -0.2) is 92.2 Å². The number of nitrogens with one attached hydrogen (secondary N) is 1. The van der Waals surface area contributed by atoms with Gasteiger partial charge in [-0.25, -0.2) is 9.59 Å². The number of carbonyl (C=O) groups excluding carboxylic acids is 1. The molecule has 0 bridgehead atoms. The van der Waals surface area contributed by atoms with Crippen molar-refractivity contribution in [3.63, 3.8) is 0 Å². The smallest absolute Gasteiger partial charge is 0.488 e. The minimum Gasteiger partial charge on any atom is -0.488 e. The second-order valence-electron chi connectivity index (χ2n) is 8.33. The molecule has 3 N–H and O–H groups in total. The van der Waals surface area contributed by atoms with Crippen LogP contribution in [-0.2, 0) is 20.9 Å². The van der Waals surface area contributed by atoms with Gasteiger partial charge in [0.2, 0.25) is 5.91 Å². The molecule has 1 aromatic carbocycles. The first-order valence-electron chi connectivity index (χ1n) is 11.3. The third-order valence-corrected chi connectivity index (χ3v) is 5.13. The molecule has 0 spiro atoms. The number of hydrogen-bond donors (Lipinski definition) is 3. The van der Waals surface area contributed by atoms with Gasteiger partial charge in [-0.2, -0.15) is 0 Å². The van der Waals surface area contributed by atoms with Crippen molar-refractivity contribution in [2.24, 2.45) is 0 Å². The van der Waals surface area contributed by atoms with E-state index in [1.807, 2.05) is 4.90 Å². The van der Waals surface area contributed by atoms with E-state index in [4.69, 9.17) is 19.7 Å². The number of halogens is 3. The van der Waals surface area contributed by atoms with Crippen molar-refractivity contribution in [3.8, 4) is 17.5 Å². The molecule has 18 heteroatoms. The van der Waals surface area contributed by atoms with E-state index in [1.54, 1.807) is 0 Å². The highest BCUT2D eigenvalue weighted by molar-refractivity contribution is 5.89. The number of fused-ring (bicyclic) bond motifs is 1. The summed E-state index contributed by atoms with van der Waals surface area (Å²) in [7, 11) is 0. The zero-order valence-corrected chi connectivity index (χ0v) is 20.3. The maximum Gasteiger partial charge on any atom is 0.573 e. The molecule has 0 unspecified atom stereocenters. The van der Waals surface area contributed by atoms with Crippen molar-refractivity contribution in [3.05, 3.63) is 52.7 Å². The minimum absolute atomic E-state index is 0.131. The van der Waals surface area contributed by atoms with E-state index >= 15 is 0 Å². The molecule has 15 nitrogen and oxygen atoms in total. The second kappa shape index (κ2) is 12.8. The SMILES string of the molecule is O=C(CN1CC(Oc2ccc(OC(F)(F)F)cc2)C1)N[C@@H]1COc2nc([N+](=O)[O-])cn2C1.O=C(O)/C=C\C(=O)O. The van der Waals surface area contributed by atoms with Gasteiger partial charge in [0, 0.05) is 30.2 Å². The number of aliphatic carboxylic acids is 2. The molecule has 1 atom stereocenters. The molecule has 1 aromatic heterocycles. The fourth-order valence-electron chi connectivity index (χ4n) is 3.53. The van der Waals surface area contributed by atoms with Gasteiger partial charge < -0.3 is 39.9 Å². The molecule has 3 heterocycles. The molecule has 216 valence electrons. The highest BCUT2D eigenvalue weighted by Crippen LogP contribution is 2.26. The summed E-state index contributed by atoms with van der Waals surface area (Å²) >= 11 is 0. The highest BCUT2D eigenvalue weighted by Gasteiger charge is 2.33. The first kappa shape index (κ1) is 29.7. The van der Waals surface area contributed by atoms with Gasteiger partial charge in [0.05, 0.1) is 19.1 Å². The summed E-state index contributed by atoms with van der Waals surface area (Å²) in [5, 5.41) is 29.2. The van der Waals surface area contributed by atoms with E-state index in [2.05, 4.69) is 15.0 Å². The van der Waals surface area contributed by atoms with Gasteiger partial charge in [0.1, 0.15) is 30.4 Å². The van der Waals surface area contributed by atoms with Crippen molar-refractivity contribution in [2.45, 2.75) is 25.1 Å². The number of imidazole rings is 1. The summed E-state index contributed by atoms with van der Waals surface area (Å²) in [4.78, 5) is 47.1. The number of hydrogen-bond acceptors (Lipinski definition) is 10. The average Bonchev–Trinajstić information content (AvgIpc) is 3.26. The number of benzene rings is 1. The molecule has 2 aliphatic heterocycles. The number of carboxylic acid groups (broad SMARTS) is 2. The normalized spacial score (nSPS) is 16.9. The predicted molar refractivity (Wildman–Crippen MR) is 125 cm³/mol. The molecule has 1 saturated heterocycles. The number of aromatic nitrogens is 2. The van der Waals surface area contributed by atoms with Crippen LogP contribution in [0.1, 0.15) is 0 Å². The molecule has 0 aliphatic carbocycles. The van der Waals surface area contributed by atoms with Crippen molar-refractivity contribution < 1.29 is 56.9 Å². The molecule has 0 radical (unpaired) electrons. The Balaban J connectivity index is 0.000000482. The Bertz CT molecular complexity index is 1240.